The maximum absolute atomic E-state index is 7.48. The van der Waals surface area contributed by atoms with Gasteiger partial charge in [-0.1, -0.05) is 176 Å². The van der Waals surface area contributed by atoms with Crippen LogP contribution in [0.4, 0.5) is 0 Å². The van der Waals surface area contributed by atoms with Crippen molar-refractivity contribution in [3.05, 3.63) is 216 Å². The molecule has 12 rings (SSSR count). The molecule has 0 atom stereocenters. The molecule has 1 aromatic heterocycles. The van der Waals surface area contributed by atoms with E-state index in [1.165, 1.54) is 60.1 Å². The van der Waals surface area contributed by atoms with Crippen LogP contribution in [0.3, 0.4) is 0 Å². The van der Waals surface area contributed by atoms with E-state index < -0.39 is 5.41 Å². The molecule has 268 valence electrons. The van der Waals surface area contributed by atoms with Crippen LogP contribution in [0, 0.1) is 0 Å². The van der Waals surface area contributed by atoms with Crippen molar-refractivity contribution in [1.29, 1.82) is 0 Å². The van der Waals surface area contributed by atoms with Crippen LogP contribution < -0.4 is 4.74 Å². The van der Waals surface area contributed by atoms with Crippen molar-refractivity contribution in [2.75, 3.05) is 0 Å². The molecule has 0 bridgehead atoms. The summed E-state index contributed by atoms with van der Waals surface area (Å²) in [5.41, 5.74) is 8.71. The third-order valence-electron chi connectivity index (χ3n) is 12.5. The minimum absolute atomic E-state index is 0.508. The van der Waals surface area contributed by atoms with Crippen LogP contribution in [-0.4, -0.2) is 0 Å². The average molecular weight is 729 g/mol. The van der Waals surface area contributed by atoms with Crippen LogP contribution >= 0.6 is 0 Å². The van der Waals surface area contributed by atoms with Gasteiger partial charge in [0.25, 0.3) is 0 Å². The minimum Gasteiger partial charge on any atom is -0.456 e. The fraction of sp³-hybridized carbons (Fsp3) is 0.0545. The van der Waals surface area contributed by atoms with Gasteiger partial charge in [-0.25, -0.2) is 0 Å². The van der Waals surface area contributed by atoms with Crippen molar-refractivity contribution >= 4 is 65.0 Å². The third-order valence-corrected chi connectivity index (χ3v) is 12.5. The summed E-state index contributed by atoms with van der Waals surface area (Å²) in [5.74, 6) is 1.92. The molecule has 0 unspecified atom stereocenters. The molecule has 2 nitrogen and oxygen atoms in total. The lowest BCUT2D eigenvalue weighted by Crippen LogP contribution is -2.37. The van der Waals surface area contributed by atoms with Crippen LogP contribution in [0.2, 0.25) is 0 Å². The fourth-order valence-electron chi connectivity index (χ4n) is 10.0. The standard InChI is InChI=1S/C55H36O2/c1-2-14-35(15-3-1)33-55(34-36-26-28-37(29-27-36)38-30-31-44-43-20-12-13-25-49(43)56-50(44)32-38)51-45-21-8-4-16-39(45)41-18-6-10-23-47(41)53(51)57-54-48-24-11-7-19-42(48)40-17-5-9-22-46(40)52(54)55/h1-32H,33-34H2. The molecule has 0 spiro atoms. The number of fused-ring (bicyclic) bond motifs is 15. The van der Waals surface area contributed by atoms with Gasteiger partial charge in [0.05, 0.1) is 0 Å². The Morgan fingerprint density at radius 2 is 0.737 bits per heavy atom. The van der Waals surface area contributed by atoms with Crippen molar-refractivity contribution in [2.45, 2.75) is 18.3 Å². The van der Waals surface area contributed by atoms with E-state index in [1.54, 1.807) is 0 Å². The molecule has 0 saturated carbocycles. The Morgan fingerprint density at radius 3 is 1.32 bits per heavy atom. The first-order valence-corrected chi connectivity index (χ1v) is 19.8. The molecule has 0 amide bonds. The lowest BCUT2D eigenvalue weighted by atomic mass is 9.62. The second kappa shape index (κ2) is 12.4. The predicted molar refractivity (Wildman–Crippen MR) is 237 cm³/mol. The SMILES string of the molecule is c1ccc(CC2(Cc3ccc(-c4ccc5c(c4)oc4ccccc45)cc3)c3c(c4ccccc4c4ccccc34)Oc3c2c2ccccc2c2ccccc32)cc1. The van der Waals surface area contributed by atoms with Crippen molar-refractivity contribution in [2.24, 2.45) is 0 Å². The maximum Gasteiger partial charge on any atom is 0.140 e. The number of benzene rings is 10. The first-order chi connectivity index (χ1) is 28.2. The molecule has 10 aromatic carbocycles. The molecule has 2 heterocycles. The molecule has 0 fully saturated rings. The highest BCUT2D eigenvalue weighted by Crippen LogP contribution is 2.60. The van der Waals surface area contributed by atoms with Gasteiger partial charge >= 0.3 is 0 Å². The number of hydrogen-bond donors (Lipinski definition) is 0. The Kier molecular flexibility index (Phi) is 7.00. The molecule has 0 N–H and O–H groups in total. The van der Waals surface area contributed by atoms with E-state index in [9.17, 15) is 0 Å². The van der Waals surface area contributed by atoms with E-state index in [4.69, 9.17) is 9.15 Å². The third kappa shape index (κ3) is 4.84. The molecule has 1 aliphatic rings. The number of rotatable bonds is 5. The Hall–Kier alpha value is -7.16. The van der Waals surface area contributed by atoms with Gasteiger partial charge in [0, 0.05) is 38.1 Å². The van der Waals surface area contributed by atoms with Crippen molar-refractivity contribution < 1.29 is 9.15 Å². The van der Waals surface area contributed by atoms with E-state index in [0.717, 1.165) is 62.6 Å². The van der Waals surface area contributed by atoms with E-state index in [-0.39, 0.29) is 0 Å². The smallest absolute Gasteiger partial charge is 0.140 e. The van der Waals surface area contributed by atoms with E-state index in [2.05, 4.69) is 182 Å². The van der Waals surface area contributed by atoms with Crippen LogP contribution in [0.1, 0.15) is 22.3 Å². The second-order valence-electron chi connectivity index (χ2n) is 15.6. The van der Waals surface area contributed by atoms with Crippen molar-refractivity contribution in [1.82, 2.24) is 0 Å². The average Bonchev–Trinajstić information content (AvgIpc) is 3.65. The zero-order chi connectivity index (χ0) is 37.5. The molecule has 57 heavy (non-hydrogen) atoms. The Morgan fingerprint density at radius 1 is 0.316 bits per heavy atom. The molecule has 2 heteroatoms. The van der Waals surface area contributed by atoms with Crippen LogP contribution in [0.5, 0.6) is 11.5 Å². The number of para-hydroxylation sites is 1. The van der Waals surface area contributed by atoms with Crippen molar-refractivity contribution in [3.63, 3.8) is 0 Å². The van der Waals surface area contributed by atoms with E-state index in [0.29, 0.717) is 0 Å². The normalized spacial score (nSPS) is 13.3. The highest BCUT2D eigenvalue weighted by molar-refractivity contribution is 6.17. The lowest BCUT2D eigenvalue weighted by molar-refractivity contribution is 0.399. The first kappa shape index (κ1) is 32.1. The lowest BCUT2D eigenvalue weighted by Gasteiger charge is -2.43. The van der Waals surface area contributed by atoms with Gasteiger partial charge in [-0.15, -0.1) is 0 Å². The summed E-state index contributed by atoms with van der Waals surface area (Å²) in [4.78, 5) is 0. The van der Waals surface area contributed by atoms with Gasteiger partial charge in [0.1, 0.15) is 22.7 Å². The monoisotopic (exact) mass is 728 g/mol. The van der Waals surface area contributed by atoms with Gasteiger partial charge in [-0.05, 0) is 85.6 Å². The topological polar surface area (TPSA) is 22.4 Å². The highest BCUT2D eigenvalue weighted by Gasteiger charge is 2.46. The molecule has 1 aliphatic heterocycles. The first-order valence-electron chi connectivity index (χ1n) is 19.8. The van der Waals surface area contributed by atoms with Gasteiger partial charge in [-0.2, -0.15) is 0 Å². The summed E-state index contributed by atoms with van der Waals surface area (Å²) in [6.07, 6.45) is 1.57. The van der Waals surface area contributed by atoms with Crippen LogP contribution in [-0.2, 0) is 18.3 Å². The summed E-state index contributed by atoms with van der Waals surface area (Å²) in [7, 11) is 0. The van der Waals surface area contributed by atoms with Gasteiger partial charge in [0.2, 0.25) is 0 Å². The maximum atomic E-state index is 7.48. The van der Waals surface area contributed by atoms with E-state index >= 15 is 0 Å². The highest BCUT2D eigenvalue weighted by atomic mass is 16.5. The van der Waals surface area contributed by atoms with Gasteiger partial charge in [0.15, 0.2) is 0 Å². The Balaban J connectivity index is 1.14. The zero-order valence-corrected chi connectivity index (χ0v) is 31.2. The number of furan rings is 1. The fourth-order valence-corrected chi connectivity index (χ4v) is 10.0. The molecular formula is C55H36O2. The molecule has 0 radical (unpaired) electrons. The summed E-state index contributed by atoms with van der Waals surface area (Å²) >= 11 is 0. The largest absolute Gasteiger partial charge is 0.456 e. The molecular weight excluding hydrogens is 693 g/mol. The quantitative estimate of drug-likeness (QED) is 0.165. The minimum atomic E-state index is -0.508. The Bertz CT molecular complexity index is 3250. The summed E-state index contributed by atoms with van der Waals surface area (Å²) in [6, 6.07) is 70.6. The molecule has 11 aromatic rings. The van der Waals surface area contributed by atoms with E-state index in [1.807, 2.05) is 12.1 Å². The Labute approximate surface area is 330 Å². The summed E-state index contributed by atoms with van der Waals surface area (Å²) < 4.78 is 13.8. The predicted octanol–water partition coefficient (Wildman–Crippen LogP) is 14.7. The number of ether oxygens (including phenoxy) is 1. The molecule has 0 saturated heterocycles. The summed E-state index contributed by atoms with van der Waals surface area (Å²) in [6.45, 7) is 0. The summed E-state index contributed by atoms with van der Waals surface area (Å²) in [5, 5.41) is 12.0. The zero-order valence-electron chi connectivity index (χ0n) is 31.2. The van der Waals surface area contributed by atoms with Gasteiger partial charge < -0.3 is 9.15 Å². The second-order valence-corrected chi connectivity index (χ2v) is 15.6. The van der Waals surface area contributed by atoms with Gasteiger partial charge in [-0.3, -0.25) is 0 Å². The van der Waals surface area contributed by atoms with Crippen LogP contribution in [0.15, 0.2) is 199 Å². The number of hydrogen-bond acceptors (Lipinski definition) is 2. The molecule has 0 aliphatic carbocycles. The van der Waals surface area contributed by atoms with Crippen LogP contribution in [0.25, 0.3) is 76.2 Å². The van der Waals surface area contributed by atoms with Crippen molar-refractivity contribution in [3.8, 4) is 22.6 Å².